The summed E-state index contributed by atoms with van der Waals surface area (Å²) in [6.45, 7) is 9.20. The van der Waals surface area contributed by atoms with Gasteiger partial charge < -0.3 is 4.74 Å². The Morgan fingerprint density at radius 2 is 1.83 bits per heavy atom. The van der Waals surface area contributed by atoms with Crippen molar-refractivity contribution in [1.82, 2.24) is 4.72 Å². The Morgan fingerprint density at radius 3 is 2.22 bits per heavy atom. The third-order valence-corrected chi connectivity index (χ3v) is 4.21. The molecule has 0 aliphatic heterocycles. The normalized spacial score (nSPS) is 11.3. The third-order valence-electron chi connectivity index (χ3n) is 2.50. The average Bonchev–Trinajstić information content (AvgIpc) is 2.25. The highest BCUT2D eigenvalue weighted by Gasteiger charge is 2.19. The van der Waals surface area contributed by atoms with Gasteiger partial charge in [-0.3, -0.25) is 0 Å². The number of benzene rings is 1. The Kier molecular flexibility index (Phi) is 4.53. The summed E-state index contributed by atoms with van der Waals surface area (Å²) >= 11 is 0. The second-order valence-electron chi connectivity index (χ2n) is 4.37. The van der Waals surface area contributed by atoms with E-state index in [0.717, 1.165) is 5.57 Å². The molecule has 1 aromatic carbocycles. The van der Waals surface area contributed by atoms with Crippen LogP contribution in [0, 0.1) is 13.8 Å². The summed E-state index contributed by atoms with van der Waals surface area (Å²) in [5, 5.41) is 0. The Morgan fingerprint density at radius 1 is 1.33 bits per heavy atom. The summed E-state index contributed by atoms with van der Waals surface area (Å²) in [5.41, 5.74) is 2.10. The molecule has 0 amide bonds. The molecule has 0 bridgehead atoms. The third kappa shape index (κ3) is 3.34. The van der Waals surface area contributed by atoms with Crippen molar-refractivity contribution in [1.29, 1.82) is 0 Å². The van der Waals surface area contributed by atoms with E-state index < -0.39 is 10.0 Å². The lowest BCUT2D eigenvalue weighted by Crippen LogP contribution is -2.26. The number of methoxy groups -OCH3 is 1. The molecule has 0 aromatic heterocycles. The lowest BCUT2D eigenvalue weighted by atomic mass is 10.1. The first-order chi connectivity index (χ1) is 8.27. The molecule has 1 N–H and O–H groups in total. The minimum Gasteiger partial charge on any atom is -0.497 e. The van der Waals surface area contributed by atoms with E-state index in [1.54, 1.807) is 40.0 Å². The minimum absolute atomic E-state index is 0.243. The summed E-state index contributed by atoms with van der Waals surface area (Å²) in [7, 11) is -1.95. The average molecular weight is 269 g/mol. The van der Waals surface area contributed by atoms with Gasteiger partial charge >= 0.3 is 0 Å². The fourth-order valence-corrected chi connectivity index (χ4v) is 3.29. The van der Waals surface area contributed by atoms with Crippen LogP contribution < -0.4 is 9.46 Å². The molecular formula is C13H19NO3S. The van der Waals surface area contributed by atoms with Gasteiger partial charge in [0.1, 0.15) is 5.75 Å². The molecule has 0 saturated heterocycles. The monoisotopic (exact) mass is 269 g/mol. The highest BCUT2D eigenvalue weighted by molar-refractivity contribution is 7.89. The second kappa shape index (κ2) is 5.54. The predicted octanol–water partition coefficient (Wildman–Crippen LogP) is 2.17. The van der Waals surface area contributed by atoms with Gasteiger partial charge in [-0.15, -0.1) is 0 Å². The first kappa shape index (κ1) is 14.7. The van der Waals surface area contributed by atoms with Gasteiger partial charge in [-0.1, -0.05) is 12.2 Å². The quantitative estimate of drug-likeness (QED) is 0.833. The molecule has 0 saturated carbocycles. The van der Waals surface area contributed by atoms with Crippen LogP contribution in [0.1, 0.15) is 18.1 Å². The lowest BCUT2D eigenvalue weighted by Gasteiger charge is -2.13. The molecule has 4 nitrogen and oxygen atoms in total. The van der Waals surface area contributed by atoms with Crippen molar-refractivity contribution in [2.45, 2.75) is 25.7 Å². The van der Waals surface area contributed by atoms with Crippen molar-refractivity contribution in [3.63, 3.8) is 0 Å². The molecular weight excluding hydrogens is 250 g/mol. The van der Waals surface area contributed by atoms with Gasteiger partial charge in [-0.05, 0) is 44.0 Å². The van der Waals surface area contributed by atoms with Crippen LogP contribution in [0.2, 0.25) is 0 Å². The maximum absolute atomic E-state index is 12.2. The standard InChI is InChI=1S/C13H19NO3S/c1-9(2)8-14-18(15,16)13-10(3)6-12(17-5)7-11(13)4/h6-7,14H,1,8H2,2-5H3. The van der Waals surface area contributed by atoms with Gasteiger partial charge in [0.25, 0.3) is 0 Å². The summed E-state index contributed by atoms with van der Waals surface area (Å²) in [5.74, 6) is 0.656. The van der Waals surface area contributed by atoms with E-state index in [2.05, 4.69) is 11.3 Å². The summed E-state index contributed by atoms with van der Waals surface area (Å²) < 4.78 is 32.0. The molecule has 0 unspecified atom stereocenters. The second-order valence-corrected chi connectivity index (χ2v) is 6.08. The molecule has 0 atom stereocenters. The smallest absolute Gasteiger partial charge is 0.241 e. The van der Waals surface area contributed by atoms with Crippen LogP contribution in [0.15, 0.2) is 29.2 Å². The zero-order valence-corrected chi connectivity index (χ0v) is 12.0. The van der Waals surface area contributed by atoms with Crippen molar-refractivity contribution in [3.8, 4) is 5.75 Å². The SMILES string of the molecule is C=C(C)CNS(=O)(=O)c1c(C)cc(OC)cc1C. The number of hydrogen-bond acceptors (Lipinski definition) is 3. The molecule has 0 aliphatic carbocycles. The molecule has 100 valence electrons. The molecule has 0 fully saturated rings. The summed E-state index contributed by atoms with van der Waals surface area (Å²) in [4.78, 5) is 0.310. The Hall–Kier alpha value is -1.33. The zero-order valence-electron chi connectivity index (χ0n) is 11.2. The van der Waals surface area contributed by atoms with Crippen molar-refractivity contribution >= 4 is 10.0 Å². The largest absolute Gasteiger partial charge is 0.497 e. The Balaban J connectivity index is 3.20. The van der Waals surface area contributed by atoms with Crippen LogP contribution >= 0.6 is 0 Å². The maximum atomic E-state index is 12.2. The van der Waals surface area contributed by atoms with Crippen molar-refractivity contribution in [3.05, 3.63) is 35.4 Å². The van der Waals surface area contributed by atoms with Crippen LogP contribution in [-0.2, 0) is 10.0 Å². The molecule has 5 heteroatoms. The van der Waals surface area contributed by atoms with E-state index in [-0.39, 0.29) is 6.54 Å². The lowest BCUT2D eigenvalue weighted by molar-refractivity contribution is 0.413. The predicted molar refractivity (Wildman–Crippen MR) is 72.5 cm³/mol. The highest BCUT2D eigenvalue weighted by Crippen LogP contribution is 2.25. The van der Waals surface area contributed by atoms with Gasteiger partial charge in [0.2, 0.25) is 10.0 Å². The molecule has 1 rings (SSSR count). The van der Waals surface area contributed by atoms with Gasteiger partial charge in [-0.25, -0.2) is 13.1 Å². The van der Waals surface area contributed by atoms with Gasteiger partial charge in [0.05, 0.1) is 12.0 Å². The van der Waals surface area contributed by atoms with E-state index in [4.69, 9.17) is 4.74 Å². The van der Waals surface area contributed by atoms with E-state index in [1.807, 2.05) is 0 Å². The van der Waals surface area contributed by atoms with Crippen LogP contribution in [0.4, 0.5) is 0 Å². The Bertz CT molecular complexity index is 539. The fraction of sp³-hybridized carbons (Fsp3) is 0.385. The van der Waals surface area contributed by atoms with Crippen LogP contribution in [0.5, 0.6) is 5.75 Å². The number of hydrogen-bond donors (Lipinski definition) is 1. The number of rotatable bonds is 5. The minimum atomic E-state index is -3.51. The van der Waals surface area contributed by atoms with Crippen LogP contribution in [0.3, 0.4) is 0 Å². The summed E-state index contributed by atoms with van der Waals surface area (Å²) in [6, 6.07) is 3.42. The molecule has 0 aliphatic rings. The first-order valence-corrected chi connectivity index (χ1v) is 7.05. The number of sulfonamides is 1. The van der Waals surface area contributed by atoms with E-state index in [9.17, 15) is 8.42 Å². The van der Waals surface area contributed by atoms with Gasteiger partial charge in [-0.2, -0.15) is 0 Å². The van der Waals surface area contributed by atoms with Gasteiger partial charge in [0.15, 0.2) is 0 Å². The van der Waals surface area contributed by atoms with E-state index in [0.29, 0.717) is 21.8 Å². The Labute approximate surface area is 109 Å². The summed E-state index contributed by atoms with van der Waals surface area (Å²) in [6.07, 6.45) is 0. The molecule has 0 spiro atoms. The first-order valence-electron chi connectivity index (χ1n) is 5.57. The van der Waals surface area contributed by atoms with E-state index >= 15 is 0 Å². The van der Waals surface area contributed by atoms with Crippen molar-refractivity contribution in [2.75, 3.05) is 13.7 Å². The zero-order chi connectivity index (χ0) is 13.9. The molecule has 0 radical (unpaired) electrons. The number of ether oxygens (including phenoxy) is 1. The molecule has 0 heterocycles. The molecule has 18 heavy (non-hydrogen) atoms. The maximum Gasteiger partial charge on any atom is 0.241 e. The topological polar surface area (TPSA) is 55.4 Å². The van der Waals surface area contributed by atoms with Crippen LogP contribution in [0.25, 0.3) is 0 Å². The highest BCUT2D eigenvalue weighted by atomic mass is 32.2. The number of nitrogens with one attached hydrogen (secondary N) is 1. The van der Waals surface area contributed by atoms with E-state index in [1.165, 1.54) is 0 Å². The number of aryl methyl sites for hydroxylation is 2. The van der Waals surface area contributed by atoms with Crippen LogP contribution in [-0.4, -0.2) is 22.1 Å². The van der Waals surface area contributed by atoms with Crippen molar-refractivity contribution < 1.29 is 13.2 Å². The molecule has 1 aromatic rings. The van der Waals surface area contributed by atoms with Crippen molar-refractivity contribution in [2.24, 2.45) is 0 Å². The fourth-order valence-electron chi connectivity index (χ4n) is 1.74. The van der Waals surface area contributed by atoms with Gasteiger partial charge in [0, 0.05) is 6.54 Å².